The van der Waals surface area contributed by atoms with E-state index in [2.05, 4.69) is 15.3 Å². The molecular weight excluding hydrogens is 682 g/mol. The number of carbonyl (C=O) groups excluding carboxylic acids is 1. The van der Waals surface area contributed by atoms with Crippen molar-refractivity contribution < 1.29 is 32.5 Å². The average molecular weight is 713 g/mol. The van der Waals surface area contributed by atoms with Crippen molar-refractivity contribution in [3.63, 3.8) is 0 Å². The number of aliphatic imine (C=N–C) groups is 1. The van der Waals surface area contributed by atoms with Gasteiger partial charge < -0.3 is 19.9 Å². The summed E-state index contributed by atoms with van der Waals surface area (Å²) in [7, 11) is 0. The van der Waals surface area contributed by atoms with Gasteiger partial charge in [0.2, 0.25) is 5.90 Å². The van der Waals surface area contributed by atoms with Crippen molar-refractivity contribution >= 4 is 35.0 Å². The number of rotatable bonds is 13. The van der Waals surface area contributed by atoms with E-state index in [9.17, 15) is 18.0 Å². The number of aliphatic hydroxyl groups excluding tert-OH is 1. The first kappa shape index (κ1) is 35.6. The van der Waals surface area contributed by atoms with E-state index in [1.54, 1.807) is 60.7 Å². The smallest absolute Gasteiger partial charge is 0.416 e. The van der Waals surface area contributed by atoms with E-state index in [1.165, 1.54) is 24.3 Å². The number of nitrogens with zero attached hydrogens (tertiary/aromatic N) is 4. The highest BCUT2D eigenvalue weighted by Gasteiger charge is 2.54. The standard InChI is InChI=1S/C35H30Cl2F3N5O4/c36-26-12-15-28(30(37)18-26)31-34(19-23-6-1-2-7-24(23)21-43-45-41,33(47)42-20-25-8-3-4-9-29(25)35(38,39)40)44-32(49-31)22-10-13-27(14-11-22)48-17-5-16-46/h1-4,6-15,18,31,46H,5,16-17,19-21H2,(H,42,47)/t31-,34-/m1/s1. The molecule has 0 fully saturated rings. The van der Waals surface area contributed by atoms with Gasteiger partial charge in [-0.3, -0.25) is 4.79 Å². The molecule has 1 heterocycles. The molecule has 0 spiro atoms. The predicted molar refractivity (Wildman–Crippen MR) is 179 cm³/mol. The van der Waals surface area contributed by atoms with Crippen LogP contribution in [0.5, 0.6) is 5.75 Å². The van der Waals surface area contributed by atoms with Crippen molar-refractivity contribution in [3.05, 3.63) is 145 Å². The number of benzene rings is 4. The Morgan fingerprint density at radius 2 is 1.71 bits per heavy atom. The van der Waals surface area contributed by atoms with E-state index >= 15 is 0 Å². The van der Waals surface area contributed by atoms with Gasteiger partial charge in [0.1, 0.15) is 5.75 Å². The minimum atomic E-state index is -4.64. The summed E-state index contributed by atoms with van der Waals surface area (Å²) in [4.78, 5) is 22.4. The number of azide groups is 1. The average Bonchev–Trinajstić information content (AvgIpc) is 3.47. The first-order valence-corrected chi connectivity index (χ1v) is 15.9. The molecular formula is C35H30Cl2F3N5O4. The second-order valence-corrected chi connectivity index (χ2v) is 12.0. The summed E-state index contributed by atoms with van der Waals surface area (Å²) >= 11 is 12.9. The van der Waals surface area contributed by atoms with Gasteiger partial charge in [-0.2, -0.15) is 13.2 Å². The molecule has 0 saturated carbocycles. The van der Waals surface area contributed by atoms with E-state index in [0.717, 1.165) is 6.07 Å². The molecule has 4 aromatic rings. The molecule has 49 heavy (non-hydrogen) atoms. The second-order valence-electron chi connectivity index (χ2n) is 11.1. The Morgan fingerprint density at radius 1 is 1.02 bits per heavy atom. The third-order valence-corrected chi connectivity index (χ3v) is 8.48. The molecule has 1 aliphatic rings. The lowest BCUT2D eigenvalue weighted by atomic mass is 9.80. The van der Waals surface area contributed by atoms with Crippen LogP contribution >= 0.6 is 23.2 Å². The lowest BCUT2D eigenvalue weighted by molar-refractivity contribution is -0.138. The number of carbonyl (C=O) groups is 1. The molecule has 1 aliphatic heterocycles. The van der Waals surface area contributed by atoms with Gasteiger partial charge in [0.25, 0.3) is 5.91 Å². The Bertz CT molecular complexity index is 1880. The monoisotopic (exact) mass is 711 g/mol. The molecule has 0 aliphatic carbocycles. The fourth-order valence-electron chi connectivity index (χ4n) is 5.54. The minimum Gasteiger partial charge on any atom is -0.494 e. The summed E-state index contributed by atoms with van der Waals surface area (Å²) in [5.41, 5.74) is 8.24. The molecule has 0 radical (unpaired) electrons. The maximum atomic E-state index is 14.6. The quantitative estimate of drug-likeness (QED) is 0.0624. The van der Waals surface area contributed by atoms with Crippen molar-refractivity contribution in [2.45, 2.75) is 43.8 Å². The Hall–Kier alpha value is -4.74. The largest absolute Gasteiger partial charge is 0.494 e. The van der Waals surface area contributed by atoms with E-state index in [-0.39, 0.29) is 36.1 Å². The van der Waals surface area contributed by atoms with Gasteiger partial charge in [-0.1, -0.05) is 76.8 Å². The molecule has 9 nitrogen and oxygen atoms in total. The Balaban J connectivity index is 1.63. The molecule has 1 amide bonds. The summed E-state index contributed by atoms with van der Waals surface area (Å²) in [6, 6.07) is 23.4. The van der Waals surface area contributed by atoms with E-state index < -0.39 is 35.8 Å². The van der Waals surface area contributed by atoms with Crippen molar-refractivity contribution in [1.82, 2.24) is 5.32 Å². The van der Waals surface area contributed by atoms with Crippen molar-refractivity contribution in [2.24, 2.45) is 10.1 Å². The maximum absolute atomic E-state index is 14.6. The zero-order valence-electron chi connectivity index (χ0n) is 25.8. The molecule has 254 valence electrons. The fourth-order valence-corrected chi connectivity index (χ4v) is 6.04. The maximum Gasteiger partial charge on any atom is 0.416 e. The van der Waals surface area contributed by atoms with Crippen molar-refractivity contribution in [3.8, 4) is 5.75 Å². The Labute approximate surface area is 289 Å². The summed E-state index contributed by atoms with van der Waals surface area (Å²) in [6.45, 7) is -0.191. The molecule has 0 unspecified atom stereocenters. The van der Waals surface area contributed by atoms with E-state index in [1.807, 2.05) is 0 Å². The summed E-state index contributed by atoms with van der Waals surface area (Å²) in [5.74, 6) is -0.110. The van der Waals surface area contributed by atoms with Gasteiger partial charge in [-0.15, -0.1) is 0 Å². The molecule has 4 aromatic carbocycles. The van der Waals surface area contributed by atoms with Crippen molar-refractivity contribution in [1.29, 1.82) is 0 Å². The van der Waals surface area contributed by atoms with Crippen LogP contribution in [0.25, 0.3) is 10.4 Å². The van der Waals surface area contributed by atoms with Crippen LogP contribution in [0.2, 0.25) is 10.0 Å². The van der Waals surface area contributed by atoms with E-state index in [4.69, 9.17) is 48.3 Å². The van der Waals surface area contributed by atoms with Gasteiger partial charge in [0, 0.05) is 52.1 Å². The summed E-state index contributed by atoms with van der Waals surface area (Å²) < 4.78 is 53.7. The fraction of sp³-hybridized carbons (Fsp3) is 0.257. The van der Waals surface area contributed by atoms with Gasteiger partial charge in [0.15, 0.2) is 11.6 Å². The van der Waals surface area contributed by atoms with Crippen LogP contribution in [0.3, 0.4) is 0 Å². The van der Waals surface area contributed by atoms with Crippen molar-refractivity contribution in [2.75, 3.05) is 13.2 Å². The SMILES string of the molecule is [N-]=[N+]=NCc1ccccc1C[C@@]1(C(=O)NCc2ccccc2C(F)(F)F)N=C(c2ccc(OCCCO)cc2)O[C@@H]1c1ccc(Cl)cc1Cl. The van der Waals surface area contributed by atoms with Gasteiger partial charge >= 0.3 is 6.18 Å². The molecule has 0 bridgehead atoms. The third-order valence-electron chi connectivity index (χ3n) is 7.92. The number of alkyl halides is 3. The zero-order valence-corrected chi connectivity index (χ0v) is 27.3. The third kappa shape index (κ3) is 8.29. The number of amides is 1. The van der Waals surface area contributed by atoms with Crippen LogP contribution in [-0.2, 0) is 35.2 Å². The molecule has 2 atom stereocenters. The molecule has 2 N–H and O–H groups in total. The number of halogens is 5. The highest BCUT2D eigenvalue weighted by atomic mass is 35.5. The zero-order chi connectivity index (χ0) is 35.0. The predicted octanol–water partition coefficient (Wildman–Crippen LogP) is 8.40. The van der Waals surface area contributed by atoms with Gasteiger partial charge in [0.05, 0.1) is 18.7 Å². The van der Waals surface area contributed by atoms with Crippen LogP contribution < -0.4 is 10.1 Å². The first-order valence-electron chi connectivity index (χ1n) is 15.1. The number of ether oxygens (including phenoxy) is 2. The van der Waals surface area contributed by atoms with Crippen LogP contribution in [0.15, 0.2) is 101 Å². The van der Waals surface area contributed by atoms with Crippen LogP contribution in [-0.4, -0.2) is 35.7 Å². The summed E-state index contributed by atoms with van der Waals surface area (Å²) in [5, 5.41) is 16.0. The topological polar surface area (TPSA) is 129 Å². The molecule has 5 rings (SSSR count). The molecule has 0 aromatic heterocycles. The van der Waals surface area contributed by atoms with Gasteiger partial charge in [-0.25, -0.2) is 4.99 Å². The minimum absolute atomic E-state index is 0.0185. The van der Waals surface area contributed by atoms with E-state index in [0.29, 0.717) is 46.1 Å². The van der Waals surface area contributed by atoms with Crippen LogP contribution in [0, 0.1) is 0 Å². The van der Waals surface area contributed by atoms with Crippen LogP contribution in [0.4, 0.5) is 13.2 Å². The lowest BCUT2D eigenvalue weighted by Gasteiger charge is -2.32. The molecule has 0 saturated heterocycles. The number of aliphatic hydroxyl groups is 1. The van der Waals surface area contributed by atoms with Crippen LogP contribution in [0.1, 0.15) is 45.9 Å². The molecule has 14 heteroatoms. The summed E-state index contributed by atoms with van der Waals surface area (Å²) in [6.07, 6.45) is -5.47. The van der Waals surface area contributed by atoms with Gasteiger partial charge in [-0.05, 0) is 64.7 Å². The number of hydrogen-bond acceptors (Lipinski definition) is 6. The Morgan fingerprint density at radius 3 is 2.39 bits per heavy atom. The lowest BCUT2D eigenvalue weighted by Crippen LogP contribution is -2.50. The highest BCUT2D eigenvalue weighted by molar-refractivity contribution is 6.35. The number of nitrogens with one attached hydrogen (secondary N) is 1. The Kier molecular flexibility index (Phi) is 11.4. The highest BCUT2D eigenvalue weighted by Crippen LogP contribution is 2.45. The number of hydrogen-bond donors (Lipinski definition) is 2. The normalized spacial score (nSPS) is 17.1. The first-order chi connectivity index (χ1) is 23.6. The second kappa shape index (κ2) is 15.7.